The van der Waals surface area contributed by atoms with Crippen LogP contribution in [0, 0.1) is 23.7 Å². The molecule has 5 heteroatoms. The zero-order valence-electron chi connectivity index (χ0n) is 13.9. The van der Waals surface area contributed by atoms with E-state index in [1.54, 1.807) is 6.33 Å². The van der Waals surface area contributed by atoms with Crippen molar-refractivity contribution >= 4 is 0 Å². The van der Waals surface area contributed by atoms with Gasteiger partial charge in [-0.25, -0.2) is 4.98 Å². The molecule has 1 saturated carbocycles. The first-order chi connectivity index (χ1) is 10.7. The Morgan fingerprint density at radius 3 is 2.73 bits per heavy atom. The number of aromatic nitrogens is 3. The van der Waals surface area contributed by atoms with Crippen LogP contribution < -0.4 is 5.32 Å². The van der Waals surface area contributed by atoms with Crippen molar-refractivity contribution in [1.29, 1.82) is 0 Å². The second-order valence-electron chi connectivity index (χ2n) is 7.39. The molecule has 2 atom stereocenters. The van der Waals surface area contributed by atoms with Gasteiger partial charge in [0.2, 0.25) is 0 Å². The highest BCUT2D eigenvalue weighted by atomic mass is 16.5. The maximum absolute atomic E-state index is 5.82. The second kappa shape index (κ2) is 7.55. The minimum Gasteiger partial charge on any atom is -0.370 e. The maximum atomic E-state index is 5.82. The molecule has 2 aliphatic rings. The number of nitrogens with zero attached hydrogens (tertiary/aromatic N) is 2. The molecule has 0 spiro atoms. The zero-order chi connectivity index (χ0) is 15.4. The predicted octanol–water partition coefficient (Wildman–Crippen LogP) is 2.93. The van der Waals surface area contributed by atoms with Crippen molar-refractivity contribution in [2.75, 3.05) is 19.7 Å². The summed E-state index contributed by atoms with van der Waals surface area (Å²) >= 11 is 0. The molecular formula is C17H30N4O. The van der Waals surface area contributed by atoms with Crippen LogP contribution in [0.4, 0.5) is 0 Å². The highest BCUT2D eigenvalue weighted by Gasteiger charge is 2.31. The van der Waals surface area contributed by atoms with Crippen LogP contribution in [-0.2, 0) is 4.74 Å². The van der Waals surface area contributed by atoms with Crippen LogP contribution in [0.25, 0.3) is 0 Å². The topological polar surface area (TPSA) is 62.8 Å². The first-order valence-electron chi connectivity index (χ1n) is 8.91. The van der Waals surface area contributed by atoms with Crippen molar-refractivity contribution in [3.05, 3.63) is 12.2 Å². The molecule has 3 rings (SSSR count). The van der Waals surface area contributed by atoms with Crippen LogP contribution in [-0.4, -0.2) is 34.9 Å². The molecule has 1 aromatic heterocycles. The van der Waals surface area contributed by atoms with E-state index < -0.39 is 0 Å². The standard InChI is InChI=1S/C17H30N4O/c1-12(2)14-5-3-13(4-6-14)9-18-10-15-7-8-22-16(15)17-19-11-20-21-17/h11-16,18H,3-10H2,1-2H3,(H,19,20,21)/t13?,14?,15-,16-/m0/s1. The lowest BCUT2D eigenvalue weighted by Crippen LogP contribution is -2.32. The van der Waals surface area contributed by atoms with Gasteiger partial charge in [0.15, 0.2) is 5.82 Å². The van der Waals surface area contributed by atoms with E-state index in [1.165, 1.54) is 25.7 Å². The highest BCUT2D eigenvalue weighted by molar-refractivity contribution is 4.94. The Hall–Kier alpha value is -0.940. The van der Waals surface area contributed by atoms with Gasteiger partial charge in [-0.05, 0) is 56.4 Å². The summed E-state index contributed by atoms with van der Waals surface area (Å²) in [6.07, 6.45) is 8.37. The van der Waals surface area contributed by atoms with Gasteiger partial charge in [0, 0.05) is 19.1 Å². The van der Waals surface area contributed by atoms with Crippen LogP contribution >= 0.6 is 0 Å². The largest absolute Gasteiger partial charge is 0.370 e. The molecule has 2 heterocycles. The monoisotopic (exact) mass is 306 g/mol. The van der Waals surface area contributed by atoms with Crippen LogP contribution in [0.15, 0.2) is 6.33 Å². The Kier molecular flexibility index (Phi) is 5.47. The van der Waals surface area contributed by atoms with Crippen LogP contribution in [0.2, 0.25) is 0 Å². The first-order valence-corrected chi connectivity index (χ1v) is 8.91. The van der Waals surface area contributed by atoms with Crippen LogP contribution in [0.5, 0.6) is 0 Å². The average molecular weight is 306 g/mol. The van der Waals surface area contributed by atoms with E-state index in [0.29, 0.717) is 5.92 Å². The minimum atomic E-state index is 0.0895. The van der Waals surface area contributed by atoms with Crippen molar-refractivity contribution in [2.24, 2.45) is 23.7 Å². The minimum absolute atomic E-state index is 0.0895. The first kappa shape index (κ1) is 15.9. The van der Waals surface area contributed by atoms with Gasteiger partial charge in [-0.1, -0.05) is 13.8 Å². The molecule has 2 fully saturated rings. The third-order valence-corrected chi connectivity index (χ3v) is 5.59. The third kappa shape index (κ3) is 3.87. The smallest absolute Gasteiger partial charge is 0.153 e. The van der Waals surface area contributed by atoms with E-state index in [9.17, 15) is 0 Å². The fourth-order valence-electron chi connectivity index (χ4n) is 4.03. The normalized spacial score (nSPS) is 32.7. The number of rotatable bonds is 6. The molecule has 1 aliphatic carbocycles. The van der Waals surface area contributed by atoms with Crippen molar-refractivity contribution in [3.8, 4) is 0 Å². The van der Waals surface area contributed by atoms with E-state index in [2.05, 4.69) is 34.3 Å². The molecule has 2 N–H and O–H groups in total. The maximum Gasteiger partial charge on any atom is 0.153 e. The average Bonchev–Trinajstić information content (AvgIpc) is 3.18. The Morgan fingerprint density at radius 2 is 2.05 bits per heavy atom. The quantitative estimate of drug-likeness (QED) is 0.848. The Bertz CT molecular complexity index is 426. The highest BCUT2D eigenvalue weighted by Crippen LogP contribution is 2.34. The van der Waals surface area contributed by atoms with Gasteiger partial charge in [0.05, 0.1) is 0 Å². The Labute approximate surface area is 133 Å². The molecule has 0 amide bonds. The third-order valence-electron chi connectivity index (χ3n) is 5.59. The molecule has 1 aliphatic heterocycles. The molecule has 124 valence electrons. The molecule has 5 nitrogen and oxygen atoms in total. The van der Waals surface area contributed by atoms with Gasteiger partial charge in [0.25, 0.3) is 0 Å². The molecule has 0 unspecified atom stereocenters. The van der Waals surface area contributed by atoms with Gasteiger partial charge in [-0.2, -0.15) is 5.10 Å². The number of nitrogens with one attached hydrogen (secondary N) is 2. The van der Waals surface area contributed by atoms with E-state index in [-0.39, 0.29) is 6.10 Å². The Balaban J connectivity index is 1.38. The number of hydrogen-bond donors (Lipinski definition) is 2. The number of ether oxygens (including phenoxy) is 1. The zero-order valence-corrected chi connectivity index (χ0v) is 13.9. The molecule has 22 heavy (non-hydrogen) atoms. The van der Waals surface area contributed by atoms with E-state index >= 15 is 0 Å². The lowest BCUT2D eigenvalue weighted by Gasteiger charge is -2.31. The molecule has 0 bridgehead atoms. The van der Waals surface area contributed by atoms with Gasteiger partial charge in [-0.3, -0.25) is 5.10 Å². The molecular weight excluding hydrogens is 276 g/mol. The summed E-state index contributed by atoms with van der Waals surface area (Å²) in [7, 11) is 0. The van der Waals surface area contributed by atoms with Crippen LogP contribution in [0.1, 0.15) is 57.9 Å². The molecule has 0 aromatic carbocycles. The SMILES string of the molecule is CC(C)C1CCC(CNC[C@@H]2CCO[C@@H]2c2ncn[nH]2)CC1. The lowest BCUT2D eigenvalue weighted by atomic mass is 9.77. The number of hydrogen-bond acceptors (Lipinski definition) is 4. The summed E-state index contributed by atoms with van der Waals surface area (Å²) in [5.74, 6) is 4.06. The van der Waals surface area contributed by atoms with Crippen molar-refractivity contribution in [2.45, 2.75) is 52.1 Å². The summed E-state index contributed by atoms with van der Waals surface area (Å²) in [6, 6.07) is 0. The van der Waals surface area contributed by atoms with Crippen molar-refractivity contribution < 1.29 is 4.74 Å². The predicted molar refractivity (Wildman–Crippen MR) is 86.3 cm³/mol. The summed E-state index contributed by atoms with van der Waals surface area (Å²) in [5, 5.41) is 10.6. The second-order valence-corrected chi connectivity index (χ2v) is 7.39. The summed E-state index contributed by atoms with van der Waals surface area (Å²) < 4.78 is 5.82. The van der Waals surface area contributed by atoms with Gasteiger partial charge in [-0.15, -0.1) is 0 Å². The van der Waals surface area contributed by atoms with Gasteiger partial charge in [0.1, 0.15) is 12.4 Å². The summed E-state index contributed by atoms with van der Waals surface area (Å²) in [5.41, 5.74) is 0. The lowest BCUT2D eigenvalue weighted by molar-refractivity contribution is 0.0831. The molecule has 1 saturated heterocycles. The summed E-state index contributed by atoms with van der Waals surface area (Å²) in [4.78, 5) is 4.25. The fourth-order valence-corrected chi connectivity index (χ4v) is 4.03. The Morgan fingerprint density at radius 1 is 1.23 bits per heavy atom. The van der Waals surface area contributed by atoms with E-state index in [0.717, 1.165) is 49.7 Å². The fraction of sp³-hybridized carbons (Fsp3) is 0.882. The number of H-pyrrole nitrogens is 1. The molecule has 0 radical (unpaired) electrons. The van der Waals surface area contributed by atoms with E-state index in [4.69, 9.17) is 4.74 Å². The van der Waals surface area contributed by atoms with Crippen LogP contribution in [0.3, 0.4) is 0 Å². The molecule has 1 aromatic rings. The van der Waals surface area contributed by atoms with Crippen molar-refractivity contribution in [1.82, 2.24) is 20.5 Å². The van der Waals surface area contributed by atoms with E-state index in [1.807, 2.05) is 0 Å². The van der Waals surface area contributed by atoms with Gasteiger partial charge < -0.3 is 10.1 Å². The van der Waals surface area contributed by atoms with Gasteiger partial charge >= 0.3 is 0 Å². The van der Waals surface area contributed by atoms with Crippen molar-refractivity contribution in [3.63, 3.8) is 0 Å². The number of aromatic amines is 1. The summed E-state index contributed by atoms with van der Waals surface area (Å²) in [6.45, 7) is 7.75.